The lowest BCUT2D eigenvalue weighted by molar-refractivity contribution is -0.143. The number of aromatic nitrogens is 1. The van der Waals surface area contributed by atoms with Gasteiger partial charge in [-0.05, 0) is 55.8 Å². The number of fused-ring (bicyclic) bond motifs is 1. The van der Waals surface area contributed by atoms with Crippen molar-refractivity contribution in [1.82, 2.24) is 4.57 Å². The van der Waals surface area contributed by atoms with Crippen LogP contribution in [0.5, 0.6) is 0 Å². The van der Waals surface area contributed by atoms with E-state index in [-0.39, 0.29) is 22.8 Å². The van der Waals surface area contributed by atoms with Crippen LogP contribution in [0.1, 0.15) is 12.5 Å². The summed E-state index contributed by atoms with van der Waals surface area (Å²) >= 11 is 7.03. The Balaban J connectivity index is 2.18. The number of carbonyl (C=O) groups is 1. The first-order valence-corrected chi connectivity index (χ1v) is 10.8. The standard InChI is InChI=1S/C18H17ClN2O4S2/c1-3-25-17(22)11-21-15-9-4-12(2)10-16(15)26-18(21)20-27(23,24)14-7-5-13(19)6-8-14/h4-10H,3,11H2,1-2H3. The Morgan fingerprint density at radius 3 is 2.59 bits per heavy atom. The van der Waals surface area contributed by atoms with Gasteiger partial charge in [0.2, 0.25) is 4.80 Å². The highest BCUT2D eigenvalue weighted by molar-refractivity contribution is 7.90. The van der Waals surface area contributed by atoms with Gasteiger partial charge >= 0.3 is 5.97 Å². The fraction of sp³-hybridized carbons (Fsp3) is 0.222. The molecular weight excluding hydrogens is 408 g/mol. The van der Waals surface area contributed by atoms with Gasteiger partial charge in [0.05, 0.1) is 21.7 Å². The number of hydrogen-bond donors (Lipinski definition) is 0. The average molecular weight is 425 g/mol. The maximum absolute atomic E-state index is 12.7. The highest BCUT2D eigenvalue weighted by Gasteiger charge is 2.16. The molecule has 3 aromatic rings. The fourth-order valence-electron chi connectivity index (χ4n) is 2.50. The van der Waals surface area contributed by atoms with E-state index in [1.165, 1.54) is 35.6 Å². The summed E-state index contributed by atoms with van der Waals surface area (Å²) in [5, 5.41) is 0.434. The largest absolute Gasteiger partial charge is 0.465 e. The molecule has 0 radical (unpaired) electrons. The van der Waals surface area contributed by atoms with E-state index in [1.807, 2.05) is 25.1 Å². The van der Waals surface area contributed by atoms with E-state index in [4.69, 9.17) is 16.3 Å². The number of rotatable bonds is 5. The van der Waals surface area contributed by atoms with Gasteiger partial charge in [-0.25, -0.2) is 0 Å². The number of benzene rings is 2. The van der Waals surface area contributed by atoms with Crippen molar-refractivity contribution >= 4 is 49.1 Å². The van der Waals surface area contributed by atoms with Gasteiger partial charge in [0.1, 0.15) is 6.54 Å². The molecule has 0 aliphatic carbocycles. The number of aryl methyl sites for hydroxylation is 1. The second-order valence-corrected chi connectivity index (χ2v) is 8.82. The predicted molar refractivity (Wildman–Crippen MR) is 105 cm³/mol. The van der Waals surface area contributed by atoms with Crippen LogP contribution >= 0.6 is 22.9 Å². The Morgan fingerprint density at radius 1 is 1.22 bits per heavy atom. The van der Waals surface area contributed by atoms with E-state index in [9.17, 15) is 13.2 Å². The molecule has 0 unspecified atom stereocenters. The highest BCUT2D eigenvalue weighted by Crippen LogP contribution is 2.21. The number of thiazole rings is 1. The number of ether oxygens (including phenoxy) is 1. The van der Waals surface area contributed by atoms with Crippen molar-refractivity contribution in [2.45, 2.75) is 25.3 Å². The van der Waals surface area contributed by atoms with Crippen molar-refractivity contribution in [3.8, 4) is 0 Å². The molecule has 0 bridgehead atoms. The molecule has 2 aromatic carbocycles. The van der Waals surface area contributed by atoms with Crippen LogP contribution in [-0.2, 0) is 26.1 Å². The molecule has 0 spiro atoms. The summed E-state index contributed by atoms with van der Waals surface area (Å²) < 4.78 is 36.8. The van der Waals surface area contributed by atoms with Gasteiger partial charge in [-0.2, -0.15) is 8.42 Å². The minimum atomic E-state index is -3.95. The smallest absolute Gasteiger partial charge is 0.326 e. The van der Waals surface area contributed by atoms with E-state index in [0.717, 1.165) is 15.8 Å². The molecule has 6 nitrogen and oxygen atoms in total. The Hall–Kier alpha value is -2.16. The quantitative estimate of drug-likeness (QED) is 0.587. The number of sulfonamides is 1. The molecule has 0 aliphatic heterocycles. The Morgan fingerprint density at radius 2 is 1.93 bits per heavy atom. The van der Waals surface area contributed by atoms with E-state index in [1.54, 1.807) is 11.5 Å². The third kappa shape index (κ3) is 4.40. The predicted octanol–water partition coefficient (Wildman–Crippen LogP) is 3.52. The molecule has 3 rings (SSSR count). The normalized spacial score (nSPS) is 12.5. The Kier molecular flexibility index (Phi) is 5.69. The number of nitrogens with zero attached hydrogens (tertiary/aromatic N) is 2. The van der Waals surface area contributed by atoms with Gasteiger partial charge in [0.25, 0.3) is 10.0 Å². The highest BCUT2D eigenvalue weighted by atomic mass is 35.5. The van der Waals surface area contributed by atoms with Crippen molar-refractivity contribution < 1.29 is 17.9 Å². The van der Waals surface area contributed by atoms with E-state index < -0.39 is 16.0 Å². The molecule has 1 heterocycles. The second-order valence-electron chi connectivity index (χ2n) is 5.77. The molecule has 0 atom stereocenters. The van der Waals surface area contributed by atoms with Crippen LogP contribution in [0.2, 0.25) is 5.02 Å². The first kappa shape index (κ1) is 19.6. The molecule has 27 heavy (non-hydrogen) atoms. The molecule has 0 amide bonds. The average Bonchev–Trinajstić information content (AvgIpc) is 2.91. The number of hydrogen-bond acceptors (Lipinski definition) is 5. The maximum Gasteiger partial charge on any atom is 0.326 e. The summed E-state index contributed by atoms with van der Waals surface area (Å²) in [5.74, 6) is -0.455. The van der Waals surface area contributed by atoms with Gasteiger partial charge < -0.3 is 9.30 Å². The summed E-state index contributed by atoms with van der Waals surface area (Å²) in [6.07, 6.45) is 0. The van der Waals surface area contributed by atoms with Crippen LogP contribution in [-0.4, -0.2) is 25.6 Å². The van der Waals surface area contributed by atoms with Gasteiger partial charge in [-0.15, -0.1) is 4.40 Å². The minimum absolute atomic E-state index is 0.0308. The van der Waals surface area contributed by atoms with Gasteiger partial charge in [-0.3, -0.25) is 4.79 Å². The molecule has 0 aliphatic rings. The summed E-state index contributed by atoms with van der Waals surface area (Å²) in [6, 6.07) is 11.4. The van der Waals surface area contributed by atoms with Crippen LogP contribution in [0.4, 0.5) is 0 Å². The minimum Gasteiger partial charge on any atom is -0.465 e. The maximum atomic E-state index is 12.7. The van der Waals surface area contributed by atoms with Crippen molar-refractivity contribution in [2.24, 2.45) is 4.40 Å². The second kappa shape index (κ2) is 7.84. The summed E-state index contributed by atoms with van der Waals surface area (Å²) in [6.45, 7) is 3.78. The van der Waals surface area contributed by atoms with Crippen molar-refractivity contribution in [3.05, 3.63) is 57.9 Å². The van der Waals surface area contributed by atoms with Crippen molar-refractivity contribution in [2.75, 3.05) is 6.61 Å². The van der Waals surface area contributed by atoms with E-state index in [0.29, 0.717) is 5.02 Å². The molecule has 0 N–H and O–H groups in total. The van der Waals surface area contributed by atoms with Crippen LogP contribution < -0.4 is 4.80 Å². The lowest BCUT2D eigenvalue weighted by atomic mass is 10.2. The van der Waals surface area contributed by atoms with E-state index in [2.05, 4.69) is 4.40 Å². The zero-order chi connectivity index (χ0) is 19.6. The summed E-state index contributed by atoms with van der Waals surface area (Å²) in [4.78, 5) is 12.2. The Bertz CT molecular complexity index is 1160. The van der Waals surface area contributed by atoms with Crippen LogP contribution in [0.15, 0.2) is 51.8 Å². The SMILES string of the molecule is CCOC(=O)Cn1c(=NS(=O)(=O)c2ccc(Cl)cc2)sc2cc(C)ccc21. The molecule has 0 saturated carbocycles. The van der Waals surface area contributed by atoms with Gasteiger partial charge in [0.15, 0.2) is 0 Å². The molecular formula is C18H17ClN2O4S2. The molecule has 142 valence electrons. The lowest BCUT2D eigenvalue weighted by Gasteiger charge is -2.05. The first-order valence-electron chi connectivity index (χ1n) is 8.12. The third-order valence-corrected chi connectivity index (χ3v) is 6.43. The first-order chi connectivity index (χ1) is 12.8. The molecule has 9 heteroatoms. The van der Waals surface area contributed by atoms with E-state index >= 15 is 0 Å². The third-order valence-electron chi connectivity index (χ3n) is 3.74. The monoisotopic (exact) mass is 424 g/mol. The van der Waals surface area contributed by atoms with Crippen LogP contribution in [0.3, 0.4) is 0 Å². The Labute approximate surface area is 165 Å². The number of esters is 1. The summed E-state index contributed by atoms with van der Waals surface area (Å²) in [7, 11) is -3.95. The lowest BCUT2D eigenvalue weighted by Crippen LogP contribution is -2.23. The zero-order valence-corrected chi connectivity index (χ0v) is 17.1. The van der Waals surface area contributed by atoms with Crippen LogP contribution in [0, 0.1) is 6.92 Å². The topological polar surface area (TPSA) is 77.7 Å². The van der Waals surface area contributed by atoms with Crippen molar-refractivity contribution in [3.63, 3.8) is 0 Å². The molecule has 0 fully saturated rings. The van der Waals surface area contributed by atoms with Gasteiger partial charge in [-0.1, -0.05) is 29.0 Å². The number of carbonyl (C=O) groups excluding carboxylic acids is 1. The van der Waals surface area contributed by atoms with Gasteiger partial charge in [0, 0.05) is 5.02 Å². The summed E-state index contributed by atoms with van der Waals surface area (Å²) in [5.41, 5.74) is 1.75. The fourth-order valence-corrected chi connectivity index (χ4v) is 4.96. The zero-order valence-electron chi connectivity index (χ0n) is 14.7. The number of halogens is 1. The van der Waals surface area contributed by atoms with Crippen molar-refractivity contribution in [1.29, 1.82) is 0 Å². The molecule has 1 aromatic heterocycles. The molecule has 0 saturated heterocycles. The van der Waals surface area contributed by atoms with Crippen LogP contribution in [0.25, 0.3) is 10.2 Å².